The zero-order valence-electron chi connectivity index (χ0n) is 11.6. The predicted molar refractivity (Wildman–Crippen MR) is 81.3 cm³/mol. The summed E-state index contributed by atoms with van der Waals surface area (Å²) in [5, 5.41) is 14.6. The number of anilines is 1. The number of nitrogens with one attached hydrogen (secondary N) is 1. The lowest BCUT2D eigenvalue weighted by atomic mass is 10.1. The molecule has 2 N–H and O–H groups in total. The first kappa shape index (κ1) is 14.4. The number of ether oxygens (including phenoxy) is 1. The van der Waals surface area contributed by atoms with E-state index in [2.05, 4.69) is 5.32 Å². The molecule has 0 aliphatic heterocycles. The normalized spacial score (nSPS) is 11.2. The maximum Gasteiger partial charge on any atom is 0.412 e. The van der Waals surface area contributed by atoms with E-state index in [1.807, 2.05) is 44.4 Å². The molecule has 0 bridgehead atoms. The lowest BCUT2D eigenvalue weighted by Gasteiger charge is -2.19. The fourth-order valence-corrected chi connectivity index (χ4v) is 2.41. The number of phenolic OH excluding ortho intramolecular Hbond substituents is 1. The maximum absolute atomic E-state index is 11.7. The van der Waals surface area contributed by atoms with Crippen molar-refractivity contribution >= 4 is 22.4 Å². The number of hydrogen-bond acceptors (Lipinski definition) is 4. The van der Waals surface area contributed by atoms with Gasteiger partial charge in [0.2, 0.25) is 0 Å². The Bertz CT molecular complexity index is 596. The quantitative estimate of drug-likeness (QED) is 0.858. The minimum atomic E-state index is -0.513. The van der Waals surface area contributed by atoms with Gasteiger partial charge in [0.05, 0.1) is 5.00 Å². The Kier molecular flexibility index (Phi) is 3.99. The molecule has 2 aromatic rings. The van der Waals surface area contributed by atoms with Crippen molar-refractivity contribution < 1.29 is 14.6 Å². The van der Waals surface area contributed by atoms with Crippen molar-refractivity contribution in [2.45, 2.75) is 26.4 Å². The molecule has 4 nitrogen and oxygen atoms in total. The number of rotatable bonds is 2. The smallest absolute Gasteiger partial charge is 0.412 e. The molecule has 0 atom stereocenters. The van der Waals surface area contributed by atoms with E-state index >= 15 is 0 Å². The van der Waals surface area contributed by atoms with Crippen molar-refractivity contribution in [1.29, 1.82) is 0 Å². The van der Waals surface area contributed by atoms with Crippen LogP contribution in [0.2, 0.25) is 0 Å². The van der Waals surface area contributed by atoms with E-state index in [1.165, 1.54) is 11.3 Å². The van der Waals surface area contributed by atoms with Crippen LogP contribution in [-0.2, 0) is 4.74 Å². The summed E-state index contributed by atoms with van der Waals surface area (Å²) in [6.07, 6.45) is -0.461. The molecule has 1 aromatic heterocycles. The molecule has 0 aliphatic rings. The summed E-state index contributed by atoms with van der Waals surface area (Å²) in [4.78, 5) is 11.7. The molecule has 0 fully saturated rings. The number of thiophene rings is 1. The number of carbonyl (C=O) groups is 1. The van der Waals surface area contributed by atoms with Gasteiger partial charge in [0.15, 0.2) is 0 Å². The second kappa shape index (κ2) is 5.54. The molecule has 0 radical (unpaired) electrons. The van der Waals surface area contributed by atoms with Gasteiger partial charge in [-0.3, -0.25) is 5.32 Å². The lowest BCUT2D eigenvalue weighted by Crippen LogP contribution is -2.26. The van der Waals surface area contributed by atoms with E-state index in [0.29, 0.717) is 0 Å². The topological polar surface area (TPSA) is 58.6 Å². The van der Waals surface area contributed by atoms with Crippen molar-refractivity contribution in [2.75, 3.05) is 5.32 Å². The zero-order chi connectivity index (χ0) is 14.8. The first-order valence-corrected chi connectivity index (χ1v) is 7.09. The summed E-state index contributed by atoms with van der Waals surface area (Å²) >= 11 is 1.43. The number of carbonyl (C=O) groups excluding carboxylic acids is 1. The number of amides is 1. The number of aromatic hydroxyl groups is 1. The van der Waals surface area contributed by atoms with E-state index in [-0.39, 0.29) is 5.75 Å². The number of hydrogen-bond donors (Lipinski definition) is 2. The van der Waals surface area contributed by atoms with Gasteiger partial charge in [-0.15, -0.1) is 11.3 Å². The van der Waals surface area contributed by atoms with Gasteiger partial charge < -0.3 is 9.84 Å². The number of benzene rings is 1. The van der Waals surface area contributed by atoms with Crippen LogP contribution in [0.1, 0.15) is 20.8 Å². The van der Waals surface area contributed by atoms with Gasteiger partial charge in [-0.2, -0.15) is 0 Å². The molecule has 106 valence electrons. The van der Waals surface area contributed by atoms with Crippen LogP contribution in [0.15, 0.2) is 35.7 Å². The molecule has 0 aliphatic carbocycles. The highest BCUT2D eigenvalue weighted by Gasteiger charge is 2.16. The summed E-state index contributed by atoms with van der Waals surface area (Å²) < 4.78 is 5.20. The van der Waals surface area contributed by atoms with Crippen LogP contribution in [0.25, 0.3) is 11.1 Å². The minimum absolute atomic E-state index is 0.232. The molecule has 2 rings (SSSR count). The van der Waals surface area contributed by atoms with Gasteiger partial charge in [-0.05, 0) is 50.1 Å². The van der Waals surface area contributed by atoms with E-state index < -0.39 is 11.7 Å². The average molecular weight is 291 g/mol. The summed E-state index contributed by atoms with van der Waals surface area (Å²) in [6.45, 7) is 5.47. The third kappa shape index (κ3) is 3.99. The summed E-state index contributed by atoms with van der Waals surface area (Å²) in [5.74, 6) is 0.232. The van der Waals surface area contributed by atoms with Gasteiger partial charge in [0.25, 0.3) is 0 Å². The molecule has 0 saturated carbocycles. The SMILES string of the molecule is CC(C)(C)OC(=O)Nc1cc(-c2ccc(O)cc2)cs1. The fraction of sp³-hybridized carbons (Fsp3) is 0.267. The molecule has 0 spiro atoms. The average Bonchev–Trinajstić information content (AvgIpc) is 2.75. The van der Waals surface area contributed by atoms with Gasteiger partial charge >= 0.3 is 6.09 Å². The fourth-order valence-electron chi connectivity index (χ4n) is 1.61. The highest BCUT2D eigenvalue weighted by atomic mass is 32.1. The highest BCUT2D eigenvalue weighted by Crippen LogP contribution is 2.30. The van der Waals surface area contributed by atoms with Crippen molar-refractivity contribution in [3.05, 3.63) is 35.7 Å². The Hall–Kier alpha value is -2.01. The zero-order valence-corrected chi connectivity index (χ0v) is 12.5. The van der Waals surface area contributed by atoms with E-state index in [0.717, 1.165) is 16.1 Å². The Morgan fingerprint density at radius 2 is 1.85 bits per heavy atom. The van der Waals surface area contributed by atoms with Crippen LogP contribution in [-0.4, -0.2) is 16.8 Å². The lowest BCUT2D eigenvalue weighted by molar-refractivity contribution is 0.0636. The molecule has 20 heavy (non-hydrogen) atoms. The molecule has 1 amide bonds. The first-order chi connectivity index (χ1) is 9.33. The summed E-state index contributed by atoms with van der Waals surface area (Å²) in [5.41, 5.74) is 1.46. The molecule has 0 unspecified atom stereocenters. The van der Waals surface area contributed by atoms with Crippen molar-refractivity contribution in [1.82, 2.24) is 0 Å². The third-order valence-electron chi connectivity index (χ3n) is 2.42. The van der Waals surface area contributed by atoms with Crippen LogP contribution >= 0.6 is 11.3 Å². The maximum atomic E-state index is 11.7. The molecule has 1 aromatic carbocycles. The van der Waals surface area contributed by atoms with Crippen molar-refractivity contribution in [3.8, 4) is 16.9 Å². The second-order valence-electron chi connectivity index (χ2n) is 5.37. The summed E-state index contributed by atoms with van der Waals surface area (Å²) in [6, 6.07) is 8.80. The van der Waals surface area contributed by atoms with Crippen LogP contribution in [0.4, 0.5) is 9.80 Å². The summed E-state index contributed by atoms with van der Waals surface area (Å²) in [7, 11) is 0. The Morgan fingerprint density at radius 1 is 1.20 bits per heavy atom. The van der Waals surface area contributed by atoms with E-state index in [1.54, 1.807) is 12.1 Å². The van der Waals surface area contributed by atoms with Crippen LogP contribution in [0, 0.1) is 0 Å². The van der Waals surface area contributed by atoms with E-state index in [9.17, 15) is 9.90 Å². The standard InChI is InChI=1S/C15H17NO3S/c1-15(2,3)19-14(18)16-13-8-11(9-20-13)10-4-6-12(17)7-5-10/h4-9,17H,1-3H3,(H,16,18). The predicted octanol–water partition coefficient (Wildman–Crippen LogP) is 4.47. The molecule has 5 heteroatoms. The molecule has 0 saturated heterocycles. The molecule has 1 heterocycles. The first-order valence-electron chi connectivity index (χ1n) is 6.21. The van der Waals surface area contributed by atoms with E-state index in [4.69, 9.17) is 4.74 Å². The molecular weight excluding hydrogens is 274 g/mol. The Morgan fingerprint density at radius 3 is 2.45 bits per heavy atom. The van der Waals surface area contributed by atoms with Crippen molar-refractivity contribution in [3.63, 3.8) is 0 Å². The van der Waals surface area contributed by atoms with Gasteiger partial charge in [-0.1, -0.05) is 12.1 Å². The van der Waals surface area contributed by atoms with Crippen LogP contribution in [0.5, 0.6) is 5.75 Å². The highest BCUT2D eigenvalue weighted by molar-refractivity contribution is 7.14. The minimum Gasteiger partial charge on any atom is -0.508 e. The van der Waals surface area contributed by atoms with Gasteiger partial charge in [0, 0.05) is 5.38 Å². The van der Waals surface area contributed by atoms with Crippen molar-refractivity contribution in [2.24, 2.45) is 0 Å². The Labute approximate surface area is 122 Å². The Balaban J connectivity index is 2.06. The van der Waals surface area contributed by atoms with Crippen LogP contribution < -0.4 is 5.32 Å². The van der Waals surface area contributed by atoms with Gasteiger partial charge in [-0.25, -0.2) is 4.79 Å². The van der Waals surface area contributed by atoms with Gasteiger partial charge in [0.1, 0.15) is 11.4 Å². The third-order valence-corrected chi connectivity index (χ3v) is 3.27. The molecular formula is C15H17NO3S. The monoisotopic (exact) mass is 291 g/mol. The number of phenols is 1. The van der Waals surface area contributed by atoms with Crippen LogP contribution in [0.3, 0.4) is 0 Å². The second-order valence-corrected chi connectivity index (χ2v) is 6.28. The largest absolute Gasteiger partial charge is 0.508 e.